The van der Waals surface area contributed by atoms with Crippen LogP contribution in [0.4, 0.5) is 16.3 Å². The number of morpholine rings is 1. The number of carbonyl (C=O) groups is 1. The molecule has 0 aliphatic carbocycles. The maximum Gasteiger partial charge on any atom is 0.319 e. The lowest BCUT2D eigenvalue weighted by molar-refractivity contribution is 0.0639. The number of benzene rings is 1. The van der Waals surface area contributed by atoms with Crippen LogP contribution in [0.2, 0.25) is 0 Å². The standard InChI is InChI=1S/C25H37N5O3S/c1-23(2,15-31)29-22(32)26-18-10-8-17(9-11-18)21-27-19(25(5,6)34-7)14-20(28-21)30-12-13-33-16-24(30,3)4/h8-11,14,31H,12-13,15-16H2,1-7H3,(H2,26,29,32)/p+1. The summed E-state index contributed by atoms with van der Waals surface area (Å²) in [7, 11) is 0. The molecule has 3 rings (SSSR count). The molecule has 3 N–H and O–H groups in total. The van der Waals surface area contributed by atoms with Gasteiger partial charge in [0.2, 0.25) is 0 Å². The predicted octanol–water partition coefficient (Wildman–Crippen LogP) is 3.33. The minimum atomic E-state index is -0.701. The molecule has 2 aromatic rings. The summed E-state index contributed by atoms with van der Waals surface area (Å²) in [6.45, 7) is 14.2. The van der Waals surface area contributed by atoms with E-state index in [0.717, 1.165) is 23.6 Å². The highest BCUT2D eigenvalue weighted by Gasteiger charge is 2.35. The van der Waals surface area contributed by atoms with Crippen LogP contribution in [0.3, 0.4) is 0 Å². The smallest absolute Gasteiger partial charge is 0.319 e. The lowest BCUT2D eigenvalue weighted by atomic mass is 10.0. The Bertz CT molecular complexity index is 1010. The Labute approximate surface area is 206 Å². The van der Waals surface area contributed by atoms with Crippen molar-refractivity contribution in [3.05, 3.63) is 36.0 Å². The van der Waals surface area contributed by atoms with Crippen molar-refractivity contribution in [1.29, 1.82) is 0 Å². The Hall–Kier alpha value is -2.36. The Morgan fingerprint density at radius 2 is 1.88 bits per heavy atom. The number of aliphatic hydroxyl groups is 1. The fourth-order valence-electron chi connectivity index (χ4n) is 3.62. The number of amides is 2. The number of aromatic nitrogens is 2. The zero-order chi connectivity index (χ0) is 25.1. The zero-order valence-electron chi connectivity index (χ0n) is 21.3. The van der Waals surface area contributed by atoms with Gasteiger partial charge >= 0.3 is 6.03 Å². The number of nitrogens with one attached hydrogen (secondary N) is 2. The van der Waals surface area contributed by atoms with Crippen molar-refractivity contribution in [3.63, 3.8) is 0 Å². The number of anilines is 2. The minimum Gasteiger partial charge on any atom is -0.394 e. The van der Waals surface area contributed by atoms with Crippen LogP contribution in [0.1, 0.15) is 47.2 Å². The molecule has 186 valence electrons. The molecule has 0 spiro atoms. The molecular weight excluding hydrogens is 450 g/mol. The van der Waals surface area contributed by atoms with Crippen molar-refractivity contribution < 1.29 is 14.6 Å². The number of hydrogen-bond acceptors (Lipinski definition) is 6. The Morgan fingerprint density at radius 3 is 2.47 bits per heavy atom. The first-order valence-corrected chi connectivity index (χ1v) is 12.9. The fraction of sp³-hybridized carbons (Fsp3) is 0.560. The van der Waals surface area contributed by atoms with Gasteiger partial charge in [0.25, 0.3) is 0 Å². The third-order valence-corrected chi connectivity index (χ3v) is 7.42. The molecule has 1 aliphatic rings. The van der Waals surface area contributed by atoms with Gasteiger partial charge in [0.15, 0.2) is 10.6 Å². The van der Waals surface area contributed by atoms with Gasteiger partial charge in [-0.25, -0.2) is 14.8 Å². The molecule has 2 amide bonds. The van der Waals surface area contributed by atoms with E-state index < -0.39 is 5.54 Å². The van der Waals surface area contributed by atoms with Gasteiger partial charge < -0.3 is 25.4 Å². The highest BCUT2D eigenvalue weighted by Crippen LogP contribution is 2.32. The molecule has 34 heavy (non-hydrogen) atoms. The van der Waals surface area contributed by atoms with Gasteiger partial charge in [0.1, 0.15) is 11.5 Å². The van der Waals surface area contributed by atoms with Crippen molar-refractivity contribution in [3.8, 4) is 11.4 Å². The maximum atomic E-state index is 12.2. The molecule has 1 aromatic heterocycles. The number of aliphatic hydroxyl groups excluding tert-OH is 1. The Kier molecular flexibility index (Phi) is 7.79. The van der Waals surface area contributed by atoms with Crippen LogP contribution in [0.15, 0.2) is 30.3 Å². The molecule has 0 bridgehead atoms. The van der Waals surface area contributed by atoms with Crippen LogP contribution in [0.25, 0.3) is 11.4 Å². The second kappa shape index (κ2) is 10.1. The Morgan fingerprint density at radius 1 is 1.21 bits per heavy atom. The molecule has 0 atom stereocenters. The summed E-state index contributed by atoms with van der Waals surface area (Å²) in [5.41, 5.74) is 1.64. The van der Waals surface area contributed by atoms with Crippen molar-refractivity contribution in [2.75, 3.05) is 42.8 Å². The van der Waals surface area contributed by atoms with E-state index in [1.54, 1.807) is 13.8 Å². The first kappa shape index (κ1) is 26.2. The SMILES string of the molecule is C[SH+]C(C)(C)c1cc(N2CCOCC2(C)C)nc(-c2ccc(NC(=O)NC(C)(C)CO)cc2)n1. The average Bonchev–Trinajstić information content (AvgIpc) is 2.78. The van der Waals surface area contributed by atoms with Crippen molar-refractivity contribution in [1.82, 2.24) is 15.3 Å². The second-order valence-corrected chi connectivity index (χ2v) is 12.0. The van der Waals surface area contributed by atoms with Crippen molar-refractivity contribution >= 4 is 29.3 Å². The first-order valence-electron chi connectivity index (χ1n) is 11.5. The summed E-state index contributed by atoms with van der Waals surface area (Å²) in [4.78, 5) is 24.4. The molecule has 0 radical (unpaired) electrons. The summed E-state index contributed by atoms with van der Waals surface area (Å²) >= 11 is 1.22. The molecule has 0 unspecified atom stereocenters. The van der Waals surface area contributed by atoms with Crippen LogP contribution < -0.4 is 15.5 Å². The highest BCUT2D eigenvalue weighted by atomic mass is 32.2. The molecule has 1 fully saturated rings. The maximum absolute atomic E-state index is 12.2. The second-order valence-electron chi connectivity index (χ2n) is 10.4. The number of carbonyl (C=O) groups excluding carboxylic acids is 1. The number of nitrogens with zero attached hydrogens (tertiary/aromatic N) is 3. The number of rotatable bonds is 7. The molecule has 2 heterocycles. The fourth-order valence-corrected chi connectivity index (χ4v) is 3.97. The third-order valence-electron chi connectivity index (χ3n) is 6.07. The third kappa shape index (κ3) is 6.20. The first-order chi connectivity index (χ1) is 15.9. The van der Waals surface area contributed by atoms with E-state index in [-0.39, 0.29) is 22.9 Å². The summed E-state index contributed by atoms with van der Waals surface area (Å²) < 4.78 is 5.59. The summed E-state index contributed by atoms with van der Waals surface area (Å²) in [6, 6.07) is 9.23. The van der Waals surface area contributed by atoms with Crippen molar-refractivity contribution in [2.45, 2.75) is 57.4 Å². The molecular formula is C25H38N5O3S+. The summed E-state index contributed by atoms with van der Waals surface area (Å²) in [5.74, 6) is 1.56. The largest absolute Gasteiger partial charge is 0.394 e. The van der Waals surface area contributed by atoms with Crippen LogP contribution in [0, 0.1) is 0 Å². The minimum absolute atomic E-state index is 0.123. The van der Waals surface area contributed by atoms with Crippen LogP contribution in [-0.2, 0) is 21.2 Å². The zero-order valence-corrected chi connectivity index (χ0v) is 22.2. The van der Waals surface area contributed by atoms with Crippen LogP contribution in [0.5, 0.6) is 0 Å². The predicted molar refractivity (Wildman–Crippen MR) is 141 cm³/mol. The molecule has 1 aromatic carbocycles. The lowest BCUT2D eigenvalue weighted by Gasteiger charge is -2.43. The van der Waals surface area contributed by atoms with E-state index in [1.165, 1.54) is 11.8 Å². The van der Waals surface area contributed by atoms with E-state index in [0.29, 0.717) is 24.7 Å². The van der Waals surface area contributed by atoms with Crippen LogP contribution in [-0.4, -0.2) is 64.8 Å². The van der Waals surface area contributed by atoms with E-state index in [1.807, 2.05) is 24.3 Å². The average molecular weight is 489 g/mol. The van der Waals surface area contributed by atoms with Gasteiger partial charge in [0, 0.05) is 23.9 Å². The topological polar surface area (TPSA) is 99.6 Å². The molecule has 1 aliphatic heterocycles. The molecule has 8 nitrogen and oxygen atoms in total. The summed E-state index contributed by atoms with van der Waals surface area (Å²) in [5, 5.41) is 14.9. The number of thiol groups is 1. The van der Waals surface area contributed by atoms with E-state index in [4.69, 9.17) is 14.7 Å². The van der Waals surface area contributed by atoms with Gasteiger partial charge in [-0.2, -0.15) is 0 Å². The normalized spacial score (nSPS) is 16.3. The monoisotopic (exact) mass is 488 g/mol. The molecule has 0 saturated carbocycles. The van der Waals surface area contributed by atoms with E-state index >= 15 is 0 Å². The van der Waals surface area contributed by atoms with Gasteiger partial charge in [-0.05, 0) is 77.6 Å². The number of ether oxygens (including phenoxy) is 1. The lowest BCUT2D eigenvalue weighted by Crippen LogP contribution is -2.53. The molecule has 9 heteroatoms. The van der Waals surface area contributed by atoms with Gasteiger partial charge in [0.05, 0.1) is 37.2 Å². The highest BCUT2D eigenvalue weighted by molar-refractivity contribution is 7.78. The molecule has 1 saturated heterocycles. The quantitative estimate of drug-likeness (QED) is 0.408. The van der Waals surface area contributed by atoms with E-state index in [2.05, 4.69) is 55.6 Å². The van der Waals surface area contributed by atoms with Crippen LogP contribution >= 0.6 is 0 Å². The Balaban J connectivity index is 1.92. The van der Waals surface area contributed by atoms with Gasteiger partial charge in [-0.3, -0.25) is 0 Å². The summed E-state index contributed by atoms with van der Waals surface area (Å²) in [6.07, 6.45) is 2.14. The van der Waals surface area contributed by atoms with Gasteiger partial charge in [-0.15, -0.1) is 0 Å². The van der Waals surface area contributed by atoms with Crippen molar-refractivity contribution in [2.24, 2.45) is 0 Å². The van der Waals surface area contributed by atoms with E-state index in [9.17, 15) is 9.90 Å². The number of hydrogen-bond donors (Lipinski definition) is 3. The van der Waals surface area contributed by atoms with Gasteiger partial charge in [-0.1, -0.05) is 0 Å². The number of urea groups is 1.